The highest BCUT2D eigenvalue weighted by Gasteiger charge is 2.23. The Balaban J connectivity index is 1.53. The molecule has 0 saturated carbocycles. The van der Waals surface area contributed by atoms with Crippen LogP contribution in [0.4, 0.5) is 5.69 Å². The summed E-state index contributed by atoms with van der Waals surface area (Å²) in [6.07, 6.45) is 3.70. The molecule has 1 aliphatic heterocycles. The van der Waals surface area contributed by atoms with E-state index in [0.29, 0.717) is 6.54 Å². The van der Waals surface area contributed by atoms with Crippen LogP contribution >= 0.6 is 0 Å². The summed E-state index contributed by atoms with van der Waals surface area (Å²) in [5, 5.41) is 11.9. The summed E-state index contributed by atoms with van der Waals surface area (Å²) >= 11 is 0. The van der Waals surface area contributed by atoms with Crippen LogP contribution in [-0.2, 0) is 23.4 Å². The van der Waals surface area contributed by atoms with E-state index >= 15 is 0 Å². The maximum Gasteiger partial charge on any atom is 0.220 e. The molecule has 1 aromatic heterocycles. The second-order valence-corrected chi connectivity index (χ2v) is 8.33. The summed E-state index contributed by atoms with van der Waals surface area (Å²) in [4.78, 5) is 13.7. The van der Waals surface area contributed by atoms with Gasteiger partial charge in [0, 0.05) is 18.2 Å². The smallest absolute Gasteiger partial charge is 0.220 e. The Morgan fingerprint density at radius 1 is 1.30 bits per heavy atom. The van der Waals surface area contributed by atoms with E-state index in [0.717, 1.165) is 43.9 Å². The Bertz CT molecular complexity index is 771. The van der Waals surface area contributed by atoms with Crippen molar-refractivity contribution >= 4 is 11.6 Å². The van der Waals surface area contributed by atoms with E-state index in [-0.39, 0.29) is 17.4 Å². The van der Waals surface area contributed by atoms with Crippen LogP contribution in [0.15, 0.2) is 30.5 Å². The maximum atomic E-state index is 11.3. The van der Waals surface area contributed by atoms with Gasteiger partial charge >= 0.3 is 0 Å². The molecular formula is C20H30N6O. The van der Waals surface area contributed by atoms with Crippen LogP contribution in [0, 0.1) is 5.92 Å². The number of hydrogen-bond acceptors (Lipinski definition) is 5. The Morgan fingerprint density at radius 3 is 2.67 bits per heavy atom. The first-order chi connectivity index (χ1) is 12.8. The van der Waals surface area contributed by atoms with Crippen LogP contribution in [-0.4, -0.2) is 38.9 Å². The first kappa shape index (κ1) is 19.4. The lowest BCUT2D eigenvalue weighted by molar-refractivity contribution is -0.123. The molecule has 1 saturated heterocycles. The molecule has 1 amide bonds. The number of nitrogens with zero attached hydrogens (tertiary/aromatic N) is 4. The zero-order valence-corrected chi connectivity index (χ0v) is 16.5. The summed E-state index contributed by atoms with van der Waals surface area (Å²) in [5.41, 5.74) is 8.61. The van der Waals surface area contributed by atoms with Crippen molar-refractivity contribution in [2.75, 3.05) is 18.4 Å². The van der Waals surface area contributed by atoms with Gasteiger partial charge in [-0.1, -0.05) is 17.3 Å². The van der Waals surface area contributed by atoms with Crippen molar-refractivity contribution in [3.63, 3.8) is 0 Å². The third-order valence-electron chi connectivity index (χ3n) is 5.02. The summed E-state index contributed by atoms with van der Waals surface area (Å²) in [7, 11) is 0. The number of nitrogens with one attached hydrogen (secondary N) is 1. The minimum Gasteiger partial charge on any atom is -0.379 e. The fourth-order valence-corrected chi connectivity index (χ4v) is 3.31. The van der Waals surface area contributed by atoms with Gasteiger partial charge in [-0.05, 0) is 64.4 Å². The monoisotopic (exact) mass is 370 g/mol. The first-order valence-electron chi connectivity index (χ1n) is 9.57. The molecule has 1 aliphatic rings. The van der Waals surface area contributed by atoms with Crippen molar-refractivity contribution in [2.24, 2.45) is 11.7 Å². The fourth-order valence-electron chi connectivity index (χ4n) is 3.31. The topological polar surface area (TPSA) is 89.1 Å². The van der Waals surface area contributed by atoms with Crippen molar-refractivity contribution in [3.05, 3.63) is 41.7 Å². The van der Waals surface area contributed by atoms with Crippen molar-refractivity contribution in [2.45, 2.75) is 52.2 Å². The summed E-state index contributed by atoms with van der Waals surface area (Å²) in [5.74, 6) is -0.125. The van der Waals surface area contributed by atoms with Gasteiger partial charge in [-0.2, -0.15) is 0 Å². The lowest BCUT2D eigenvalue weighted by atomic mass is 9.96. The number of amides is 1. The standard InChI is InChI=1S/C20H30N6O/c1-20(2,3)26-14-18(23-24-26)12-22-17-6-4-5-15(11-17)13-25-9-7-16(8-10-25)19(21)27/h4-6,11,14,16,22H,7-10,12-13H2,1-3H3,(H2,21,27). The summed E-state index contributed by atoms with van der Waals surface area (Å²) in [6, 6.07) is 8.45. The zero-order chi connectivity index (χ0) is 19.4. The minimum absolute atomic E-state index is 0.0377. The van der Waals surface area contributed by atoms with Gasteiger partial charge in [0.25, 0.3) is 0 Å². The molecule has 2 aromatic rings. The van der Waals surface area contributed by atoms with Crippen LogP contribution in [0.25, 0.3) is 0 Å². The normalized spacial score (nSPS) is 16.4. The van der Waals surface area contributed by atoms with E-state index in [4.69, 9.17) is 5.73 Å². The first-order valence-corrected chi connectivity index (χ1v) is 9.57. The molecular weight excluding hydrogens is 340 g/mol. The van der Waals surface area contributed by atoms with Crippen LogP contribution < -0.4 is 11.1 Å². The van der Waals surface area contributed by atoms with Gasteiger partial charge in [0.05, 0.1) is 18.3 Å². The second-order valence-electron chi connectivity index (χ2n) is 8.33. The number of benzene rings is 1. The summed E-state index contributed by atoms with van der Waals surface area (Å²) < 4.78 is 1.89. The van der Waals surface area contributed by atoms with Crippen molar-refractivity contribution in [1.29, 1.82) is 0 Å². The third kappa shape index (κ3) is 5.29. The Labute approximate surface area is 160 Å². The van der Waals surface area contributed by atoms with Crippen LogP contribution in [0.1, 0.15) is 44.9 Å². The quantitative estimate of drug-likeness (QED) is 0.815. The molecule has 3 N–H and O–H groups in total. The lowest BCUT2D eigenvalue weighted by Gasteiger charge is -2.30. The van der Waals surface area contributed by atoms with Crippen LogP contribution in [0.3, 0.4) is 0 Å². The molecule has 146 valence electrons. The molecule has 0 aliphatic carbocycles. The average molecular weight is 371 g/mol. The molecule has 1 aromatic carbocycles. The second kappa shape index (κ2) is 8.08. The van der Waals surface area contributed by atoms with E-state index in [1.165, 1.54) is 5.56 Å². The highest BCUT2D eigenvalue weighted by atomic mass is 16.1. The maximum absolute atomic E-state index is 11.3. The number of carbonyl (C=O) groups excluding carboxylic acids is 1. The molecule has 0 spiro atoms. The number of aromatic nitrogens is 3. The molecule has 0 radical (unpaired) electrons. The van der Waals surface area contributed by atoms with Crippen molar-refractivity contribution in [1.82, 2.24) is 19.9 Å². The Hall–Kier alpha value is -2.41. The molecule has 2 heterocycles. The number of piperidine rings is 1. The number of likely N-dealkylation sites (tertiary alicyclic amines) is 1. The number of anilines is 1. The average Bonchev–Trinajstić information content (AvgIpc) is 3.10. The van der Waals surface area contributed by atoms with Crippen LogP contribution in [0.5, 0.6) is 0 Å². The molecule has 27 heavy (non-hydrogen) atoms. The number of primary amides is 1. The van der Waals surface area contributed by atoms with Gasteiger partial charge in [0.2, 0.25) is 5.91 Å². The Kier molecular flexibility index (Phi) is 5.79. The predicted molar refractivity (Wildman–Crippen MR) is 106 cm³/mol. The van der Waals surface area contributed by atoms with Gasteiger partial charge in [0.15, 0.2) is 0 Å². The van der Waals surface area contributed by atoms with Crippen molar-refractivity contribution < 1.29 is 4.79 Å². The number of nitrogens with two attached hydrogens (primary N) is 1. The van der Waals surface area contributed by atoms with Crippen LogP contribution in [0.2, 0.25) is 0 Å². The predicted octanol–water partition coefficient (Wildman–Crippen LogP) is 2.34. The number of rotatable bonds is 6. The van der Waals surface area contributed by atoms with E-state index in [1.54, 1.807) is 0 Å². The molecule has 0 atom stereocenters. The SMILES string of the molecule is CC(C)(C)n1cc(CNc2cccc(CN3CCC(C(N)=O)CC3)c2)nn1. The van der Waals surface area contributed by atoms with E-state index < -0.39 is 0 Å². The molecule has 1 fully saturated rings. The molecule has 7 nitrogen and oxygen atoms in total. The molecule has 0 bridgehead atoms. The summed E-state index contributed by atoms with van der Waals surface area (Å²) in [6.45, 7) is 9.69. The van der Waals surface area contributed by atoms with E-state index in [1.807, 2.05) is 10.9 Å². The van der Waals surface area contributed by atoms with E-state index in [2.05, 4.69) is 65.6 Å². The van der Waals surface area contributed by atoms with Gasteiger partial charge in [-0.15, -0.1) is 5.10 Å². The highest BCUT2D eigenvalue weighted by Crippen LogP contribution is 2.20. The lowest BCUT2D eigenvalue weighted by Crippen LogP contribution is -2.38. The zero-order valence-electron chi connectivity index (χ0n) is 16.5. The third-order valence-corrected chi connectivity index (χ3v) is 5.02. The largest absolute Gasteiger partial charge is 0.379 e. The number of carbonyl (C=O) groups is 1. The molecule has 3 rings (SSSR count). The van der Waals surface area contributed by atoms with Gasteiger partial charge in [-0.25, -0.2) is 4.68 Å². The highest BCUT2D eigenvalue weighted by molar-refractivity contribution is 5.76. The van der Waals surface area contributed by atoms with Crippen molar-refractivity contribution in [3.8, 4) is 0 Å². The van der Waals surface area contributed by atoms with Gasteiger partial charge in [0.1, 0.15) is 5.69 Å². The van der Waals surface area contributed by atoms with Gasteiger partial charge in [-0.3, -0.25) is 9.69 Å². The minimum atomic E-state index is -0.163. The molecule has 7 heteroatoms. The number of hydrogen-bond donors (Lipinski definition) is 2. The van der Waals surface area contributed by atoms with Gasteiger partial charge < -0.3 is 11.1 Å². The Morgan fingerprint density at radius 2 is 2.04 bits per heavy atom. The van der Waals surface area contributed by atoms with E-state index in [9.17, 15) is 4.79 Å². The molecule has 0 unspecified atom stereocenters. The fraction of sp³-hybridized carbons (Fsp3) is 0.550.